The summed E-state index contributed by atoms with van der Waals surface area (Å²) >= 11 is 0. The van der Waals surface area contributed by atoms with Crippen molar-refractivity contribution in [1.82, 2.24) is 4.90 Å². The van der Waals surface area contributed by atoms with E-state index in [0.29, 0.717) is 18.3 Å². The zero-order valence-electron chi connectivity index (χ0n) is 22.0. The monoisotopic (exact) mass is 504 g/mol. The molecule has 6 heteroatoms. The molecule has 2 aliphatic rings. The van der Waals surface area contributed by atoms with Crippen LogP contribution in [-0.2, 0) is 11.3 Å². The van der Waals surface area contributed by atoms with Crippen LogP contribution in [0.1, 0.15) is 80.6 Å². The van der Waals surface area contributed by atoms with Crippen LogP contribution in [0.4, 0.5) is 10.5 Å². The van der Waals surface area contributed by atoms with Crippen LogP contribution in [0.5, 0.6) is 5.75 Å². The quantitative estimate of drug-likeness (QED) is 0.232. The molecule has 1 saturated carbocycles. The van der Waals surface area contributed by atoms with E-state index in [0.717, 1.165) is 61.5 Å². The van der Waals surface area contributed by atoms with Crippen molar-refractivity contribution in [3.8, 4) is 5.75 Å². The summed E-state index contributed by atoms with van der Waals surface area (Å²) in [5, 5.41) is 9.56. The first-order valence-corrected chi connectivity index (χ1v) is 13.8. The van der Waals surface area contributed by atoms with Gasteiger partial charge >= 0.3 is 6.09 Å². The SMILES string of the molecule is CC=Nc1cccc(C(=O)CC2CCCC(CC3CCN(C(=O)OCc4cccc(O)c4)CC3)CC2)c1. The van der Waals surface area contributed by atoms with E-state index in [9.17, 15) is 14.7 Å². The van der Waals surface area contributed by atoms with Gasteiger partial charge in [-0.3, -0.25) is 9.79 Å². The lowest BCUT2D eigenvalue weighted by Gasteiger charge is -2.33. The average molecular weight is 505 g/mol. The topological polar surface area (TPSA) is 79.2 Å². The number of piperidine rings is 1. The zero-order valence-corrected chi connectivity index (χ0v) is 22.0. The highest BCUT2D eigenvalue weighted by Crippen LogP contribution is 2.36. The molecule has 1 aliphatic carbocycles. The predicted octanol–water partition coefficient (Wildman–Crippen LogP) is 7.32. The molecule has 198 valence electrons. The zero-order chi connectivity index (χ0) is 26.0. The summed E-state index contributed by atoms with van der Waals surface area (Å²) in [5.41, 5.74) is 2.40. The Morgan fingerprint density at radius 1 is 0.973 bits per heavy atom. The number of ketones is 1. The fraction of sp³-hybridized carbons (Fsp3) is 0.516. The number of amides is 1. The second-order valence-corrected chi connectivity index (χ2v) is 10.7. The molecule has 2 atom stereocenters. The Morgan fingerprint density at radius 2 is 1.70 bits per heavy atom. The number of phenols is 1. The predicted molar refractivity (Wildman–Crippen MR) is 146 cm³/mol. The molecular weight excluding hydrogens is 464 g/mol. The first kappa shape index (κ1) is 26.9. The van der Waals surface area contributed by atoms with Gasteiger partial charge in [-0.1, -0.05) is 49.9 Å². The van der Waals surface area contributed by atoms with E-state index < -0.39 is 0 Å². The van der Waals surface area contributed by atoms with Gasteiger partial charge in [-0.05, 0) is 80.2 Å². The van der Waals surface area contributed by atoms with Crippen molar-refractivity contribution < 1.29 is 19.4 Å². The summed E-state index contributed by atoms with van der Waals surface area (Å²) in [6, 6.07) is 14.5. The number of carbonyl (C=O) groups is 2. The lowest BCUT2D eigenvalue weighted by Crippen LogP contribution is -2.39. The lowest BCUT2D eigenvalue weighted by molar-refractivity contribution is 0.0793. The molecule has 1 heterocycles. The molecule has 2 aromatic carbocycles. The number of nitrogens with zero attached hydrogens (tertiary/aromatic N) is 2. The van der Waals surface area contributed by atoms with Crippen LogP contribution < -0.4 is 0 Å². The van der Waals surface area contributed by atoms with Crippen LogP contribution in [0.2, 0.25) is 0 Å². The number of aliphatic imine (C=N–C) groups is 1. The Labute approximate surface area is 220 Å². The number of ether oxygens (including phenoxy) is 1. The molecule has 0 spiro atoms. The Kier molecular flexibility index (Phi) is 9.75. The summed E-state index contributed by atoms with van der Waals surface area (Å²) in [6.07, 6.45) is 11.3. The molecule has 2 fully saturated rings. The third kappa shape index (κ3) is 8.17. The minimum absolute atomic E-state index is 0.178. The maximum absolute atomic E-state index is 12.9. The highest BCUT2D eigenvalue weighted by molar-refractivity contribution is 5.97. The molecule has 2 aromatic rings. The van der Waals surface area contributed by atoms with E-state index in [1.165, 1.54) is 25.7 Å². The number of hydrogen-bond donors (Lipinski definition) is 1. The normalized spacial score (nSPS) is 21.1. The lowest BCUT2D eigenvalue weighted by atomic mass is 9.83. The van der Waals surface area contributed by atoms with Gasteiger partial charge in [-0.25, -0.2) is 4.79 Å². The third-order valence-electron chi connectivity index (χ3n) is 7.94. The van der Waals surface area contributed by atoms with Crippen LogP contribution in [-0.4, -0.2) is 41.2 Å². The number of carbonyl (C=O) groups excluding carboxylic acids is 2. The van der Waals surface area contributed by atoms with Crippen molar-refractivity contribution in [2.75, 3.05) is 13.1 Å². The van der Waals surface area contributed by atoms with Gasteiger partial charge in [0.1, 0.15) is 12.4 Å². The van der Waals surface area contributed by atoms with Gasteiger partial charge in [0.25, 0.3) is 0 Å². The smallest absolute Gasteiger partial charge is 0.410 e. The van der Waals surface area contributed by atoms with Crippen LogP contribution in [0.15, 0.2) is 53.5 Å². The molecule has 4 rings (SSSR count). The maximum Gasteiger partial charge on any atom is 0.410 e. The summed E-state index contributed by atoms with van der Waals surface area (Å²) in [6.45, 7) is 3.55. The van der Waals surface area contributed by atoms with Gasteiger partial charge in [0.15, 0.2) is 5.78 Å². The summed E-state index contributed by atoms with van der Waals surface area (Å²) < 4.78 is 5.46. The van der Waals surface area contributed by atoms with E-state index in [2.05, 4.69) is 4.99 Å². The molecule has 0 bridgehead atoms. The van der Waals surface area contributed by atoms with Gasteiger partial charge in [-0.2, -0.15) is 0 Å². The molecule has 0 aromatic heterocycles. The maximum atomic E-state index is 12.9. The molecule has 2 unspecified atom stereocenters. The standard InChI is InChI=1S/C31H40N2O4/c1-2-32-28-10-5-9-27(21-28)30(35)20-24-7-3-6-23(12-13-24)18-25-14-16-33(17-15-25)31(36)37-22-26-8-4-11-29(34)19-26/h2,4-5,8-11,19,21,23-25,34H,3,6-7,12-18,20,22H2,1H3. The Bertz CT molecular complexity index is 1070. The fourth-order valence-electron chi connectivity index (χ4n) is 5.89. The molecule has 37 heavy (non-hydrogen) atoms. The number of benzene rings is 2. The van der Waals surface area contributed by atoms with Crippen LogP contribution in [0, 0.1) is 17.8 Å². The van der Waals surface area contributed by atoms with E-state index in [4.69, 9.17) is 4.74 Å². The minimum atomic E-state index is -0.268. The fourth-order valence-corrected chi connectivity index (χ4v) is 5.89. The number of aromatic hydroxyl groups is 1. The number of phenolic OH excluding ortho intramolecular Hbond substituents is 1. The summed E-state index contributed by atoms with van der Waals surface area (Å²) in [7, 11) is 0. The van der Waals surface area contributed by atoms with E-state index in [-0.39, 0.29) is 24.2 Å². The largest absolute Gasteiger partial charge is 0.508 e. The average Bonchev–Trinajstić information content (AvgIpc) is 3.13. The second-order valence-electron chi connectivity index (χ2n) is 10.7. The Balaban J connectivity index is 1.17. The van der Waals surface area contributed by atoms with Crippen molar-refractivity contribution in [2.24, 2.45) is 22.7 Å². The highest BCUT2D eigenvalue weighted by Gasteiger charge is 2.28. The summed E-state index contributed by atoms with van der Waals surface area (Å²) in [4.78, 5) is 31.5. The first-order valence-electron chi connectivity index (χ1n) is 13.8. The number of rotatable bonds is 8. The molecule has 1 N–H and O–H groups in total. The van der Waals surface area contributed by atoms with Gasteiger partial charge in [0, 0.05) is 31.3 Å². The van der Waals surface area contributed by atoms with Gasteiger partial charge in [0.2, 0.25) is 0 Å². The molecule has 6 nitrogen and oxygen atoms in total. The van der Waals surface area contributed by atoms with Crippen molar-refractivity contribution in [2.45, 2.75) is 71.3 Å². The first-order chi connectivity index (χ1) is 18.0. The van der Waals surface area contributed by atoms with E-state index in [1.54, 1.807) is 24.4 Å². The van der Waals surface area contributed by atoms with Crippen molar-refractivity contribution in [3.63, 3.8) is 0 Å². The molecule has 1 saturated heterocycles. The van der Waals surface area contributed by atoms with Gasteiger partial charge in [0.05, 0.1) is 5.69 Å². The number of hydrogen-bond acceptors (Lipinski definition) is 5. The molecule has 1 aliphatic heterocycles. The van der Waals surface area contributed by atoms with E-state index >= 15 is 0 Å². The minimum Gasteiger partial charge on any atom is -0.508 e. The molecular formula is C31H40N2O4. The molecule has 0 radical (unpaired) electrons. The Hall–Kier alpha value is -3.15. The molecule has 1 amide bonds. The Morgan fingerprint density at radius 3 is 2.49 bits per heavy atom. The number of Topliss-reactive ketones (excluding diaryl/α,β-unsaturated/α-hetero) is 1. The van der Waals surface area contributed by atoms with Gasteiger partial charge < -0.3 is 14.7 Å². The highest BCUT2D eigenvalue weighted by atomic mass is 16.6. The number of likely N-dealkylation sites (tertiary alicyclic amines) is 1. The van der Waals surface area contributed by atoms with Crippen molar-refractivity contribution in [3.05, 3.63) is 59.7 Å². The third-order valence-corrected chi connectivity index (χ3v) is 7.94. The van der Waals surface area contributed by atoms with Crippen LogP contribution >= 0.6 is 0 Å². The van der Waals surface area contributed by atoms with Crippen molar-refractivity contribution >= 4 is 23.8 Å². The summed E-state index contributed by atoms with van der Waals surface area (Å²) in [5.74, 6) is 2.26. The van der Waals surface area contributed by atoms with Crippen molar-refractivity contribution in [1.29, 1.82) is 0 Å². The van der Waals surface area contributed by atoms with Gasteiger partial charge in [-0.15, -0.1) is 0 Å². The van der Waals surface area contributed by atoms with Crippen LogP contribution in [0.25, 0.3) is 0 Å². The second kappa shape index (κ2) is 13.4. The van der Waals surface area contributed by atoms with Crippen LogP contribution in [0.3, 0.4) is 0 Å². The van der Waals surface area contributed by atoms with E-state index in [1.807, 2.05) is 42.2 Å².